The van der Waals surface area contributed by atoms with Crippen molar-refractivity contribution in [3.63, 3.8) is 0 Å². The zero-order valence-corrected chi connectivity index (χ0v) is 16.7. The third-order valence-electron chi connectivity index (χ3n) is 4.74. The minimum Gasteiger partial charge on any atom is -0.441 e. The van der Waals surface area contributed by atoms with Crippen molar-refractivity contribution in [3.05, 3.63) is 89.8 Å². The Kier molecular flexibility index (Phi) is 5.30. The smallest absolute Gasteiger partial charge is 0.251 e. The molecule has 0 spiro atoms. The molecule has 0 bridgehead atoms. The van der Waals surface area contributed by atoms with E-state index in [9.17, 15) is 9.59 Å². The molecule has 0 saturated heterocycles. The van der Waals surface area contributed by atoms with Gasteiger partial charge in [0.1, 0.15) is 11.6 Å². The topological polar surface area (TPSA) is 84.2 Å². The van der Waals surface area contributed by atoms with E-state index in [1.165, 1.54) is 6.92 Å². The molecule has 0 unspecified atom stereocenters. The van der Waals surface area contributed by atoms with Crippen molar-refractivity contribution in [1.29, 1.82) is 0 Å². The number of aryl methyl sites for hydroxylation is 1. The number of nitrogens with one attached hydrogen (secondary N) is 2. The van der Waals surface area contributed by atoms with E-state index in [2.05, 4.69) is 15.6 Å². The van der Waals surface area contributed by atoms with Gasteiger partial charge in [-0.1, -0.05) is 42.5 Å². The molecule has 150 valence electrons. The Bertz CT molecular complexity index is 1210. The second-order valence-electron chi connectivity index (χ2n) is 7.03. The largest absolute Gasteiger partial charge is 0.441 e. The summed E-state index contributed by atoms with van der Waals surface area (Å²) in [5, 5.41) is 6.20. The number of Topliss-reactive ketones (excluding diaryl/α,β-unsaturated/α-hetero) is 1. The molecule has 0 aliphatic heterocycles. The SMILES string of the molecule is CC(=O)c1cccc(NC(=O)[C@H](Nc2ccc3oc(C)nc3c2)c2ccccc2)c1. The molecular weight excluding hydrogens is 378 g/mol. The van der Waals surface area contributed by atoms with E-state index in [1.54, 1.807) is 31.2 Å². The van der Waals surface area contributed by atoms with Crippen LogP contribution >= 0.6 is 0 Å². The van der Waals surface area contributed by atoms with Gasteiger partial charge >= 0.3 is 0 Å². The van der Waals surface area contributed by atoms with Gasteiger partial charge in [-0.25, -0.2) is 4.98 Å². The maximum Gasteiger partial charge on any atom is 0.251 e. The number of hydrogen-bond acceptors (Lipinski definition) is 5. The summed E-state index contributed by atoms with van der Waals surface area (Å²) in [6, 6.07) is 21.3. The molecule has 0 aliphatic carbocycles. The minimum absolute atomic E-state index is 0.0555. The number of carbonyl (C=O) groups is 2. The molecule has 1 aromatic heterocycles. The summed E-state index contributed by atoms with van der Waals surface area (Å²) in [5.41, 5.74) is 4.09. The van der Waals surface area contributed by atoms with Gasteiger partial charge in [-0.15, -0.1) is 0 Å². The van der Waals surface area contributed by atoms with E-state index in [0.29, 0.717) is 22.7 Å². The summed E-state index contributed by atoms with van der Waals surface area (Å²) in [6.45, 7) is 3.29. The summed E-state index contributed by atoms with van der Waals surface area (Å²) in [6.07, 6.45) is 0. The summed E-state index contributed by atoms with van der Waals surface area (Å²) in [7, 11) is 0. The normalized spacial score (nSPS) is 11.8. The molecule has 1 amide bonds. The molecule has 6 nitrogen and oxygen atoms in total. The van der Waals surface area contributed by atoms with E-state index < -0.39 is 6.04 Å². The van der Waals surface area contributed by atoms with Crippen LogP contribution < -0.4 is 10.6 Å². The zero-order chi connectivity index (χ0) is 21.1. The van der Waals surface area contributed by atoms with Crippen molar-refractivity contribution in [2.45, 2.75) is 19.9 Å². The Labute approximate surface area is 173 Å². The molecule has 4 aromatic rings. The number of fused-ring (bicyclic) bond motifs is 1. The van der Waals surface area contributed by atoms with Crippen LogP contribution in [-0.2, 0) is 4.79 Å². The van der Waals surface area contributed by atoms with Gasteiger partial charge in [0.25, 0.3) is 5.91 Å². The number of rotatable bonds is 6. The maximum atomic E-state index is 13.2. The van der Waals surface area contributed by atoms with Crippen LogP contribution in [0.1, 0.15) is 34.8 Å². The number of benzene rings is 3. The van der Waals surface area contributed by atoms with Gasteiger partial charge < -0.3 is 15.1 Å². The molecule has 3 aromatic carbocycles. The van der Waals surface area contributed by atoms with Crippen molar-refractivity contribution >= 4 is 34.2 Å². The van der Waals surface area contributed by atoms with Crippen LogP contribution in [0.4, 0.5) is 11.4 Å². The van der Waals surface area contributed by atoms with Gasteiger partial charge in [-0.3, -0.25) is 9.59 Å². The summed E-state index contributed by atoms with van der Waals surface area (Å²) < 4.78 is 5.52. The summed E-state index contributed by atoms with van der Waals surface area (Å²) >= 11 is 0. The van der Waals surface area contributed by atoms with Gasteiger partial charge in [0.05, 0.1) is 0 Å². The Balaban J connectivity index is 1.63. The Morgan fingerprint density at radius 1 is 0.933 bits per heavy atom. The molecule has 0 radical (unpaired) electrons. The number of anilines is 2. The molecule has 0 saturated carbocycles. The minimum atomic E-state index is -0.641. The number of nitrogens with zero attached hydrogens (tertiary/aromatic N) is 1. The lowest BCUT2D eigenvalue weighted by molar-refractivity contribution is -0.117. The molecule has 1 atom stereocenters. The van der Waals surface area contributed by atoms with E-state index in [4.69, 9.17) is 4.42 Å². The standard InChI is InChI=1S/C24H21N3O3/c1-15(28)18-9-6-10-19(13-18)27-24(29)23(17-7-4-3-5-8-17)26-20-11-12-22-21(14-20)25-16(2)30-22/h3-14,23,26H,1-2H3,(H,27,29)/t23-/m1/s1. The molecule has 0 fully saturated rings. The number of aromatic nitrogens is 1. The van der Waals surface area contributed by atoms with Crippen LogP contribution in [-0.4, -0.2) is 16.7 Å². The average Bonchev–Trinajstić information content (AvgIpc) is 3.12. The number of carbonyl (C=O) groups excluding carboxylic acids is 2. The van der Waals surface area contributed by atoms with Crippen LogP contribution in [0.3, 0.4) is 0 Å². The highest BCUT2D eigenvalue weighted by atomic mass is 16.3. The monoisotopic (exact) mass is 399 g/mol. The number of oxazole rings is 1. The highest BCUT2D eigenvalue weighted by Crippen LogP contribution is 2.25. The van der Waals surface area contributed by atoms with Gasteiger partial charge in [0, 0.05) is 23.9 Å². The summed E-state index contributed by atoms with van der Waals surface area (Å²) in [4.78, 5) is 29.2. The first-order valence-electron chi connectivity index (χ1n) is 9.60. The second kappa shape index (κ2) is 8.21. The van der Waals surface area contributed by atoms with Crippen molar-refractivity contribution in [2.24, 2.45) is 0 Å². The van der Waals surface area contributed by atoms with E-state index >= 15 is 0 Å². The summed E-state index contributed by atoms with van der Waals surface area (Å²) in [5.74, 6) is 0.295. The highest BCUT2D eigenvalue weighted by Gasteiger charge is 2.21. The molecule has 2 N–H and O–H groups in total. The Hall–Kier alpha value is -3.93. The molecule has 0 aliphatic rings. The molecular formula is C24H21N3O3. The number of ketones is 1. The lowest BCUT2D eigenvalue weighted by Gasteiger charge is -2.20. The Morgan fingerprint density at radius 2 is 1.73 bits per heavy atom. The van der Waals surface area contributed by atoms with Crippen LogP contribution in [0.5, 0.6) is 0 Å². The van der Waals surface area contributed by atoms with Crippen LogP contribution in [0.2, 0.25) is 0 Å². The first kappa shape index (κ1) is 19.4. The van der Waals surface area contributed by atoms with Crippen molar-refractivity contribution in [3.8, 4) is 0 Å². The first-order chi connectivity index (χ1) is 14.5. The van der Waals surface area contributed by atoms with E-state index in [1.807, 2.05) is 48.5 Å². The Morgan fingerprint density at radius 3 is 2.50 bits per heavy atom. The van der Waals surface area contributed by atoms with E-state index in [0.717, 1.165) is 16.8 Å². The molecule has 1 heterocycles. The third kappa shape index (κ3) is 4.22. The van der Waals surface area contributed by atoms with Crippen molar-refractivity contribution in [1.82, 2.24) is 4.98 Å². The molecule has 4 rings (SSSR count). The molecule has 30 heavy (non-hydrogen) atoms. The van der Waals surface area contributed by atoms with Crippen molar-refractivity contribution in [2.75, 3.05) is 10.6 Å². The average molecular weight is 399 g/mol. The molecule has 6 heteroatoms. The predicted molar refractivity (Wildman–Crippen MR) is 117 cm³/mol. The van der Waals surface area contributed by atoms with Crippen LogP contribution in [0.15, 0.2) is 77.2 Å². The third-order valence-corrected chi connectivity index (χ3v) is 4.74. The second-order valence-corrected chi connectivity index (χ2v) is 7.03. The fourth-order valence-corrected chi connectivity index (χ4v) is 3.28. The van der Waals surface area contributed by atoms with Gasteiger partial charge in [0.15, 0.2) is 17.3 Å². The highest BCUT2D eigenvalue weighted by molar-refractivity contribution is 6.00. The van der Waals surface area contributed by atoms with E-state index in [-0.39, 0.29) is 11.7 Å². The first-order valence-corrected chi connectivity index (χ1v) is 9.60. The lowest BCUT2D eigenvalue weighted by Crippen LogP contribution is -2.27. The zero-order valence-electron chi connectivity index (χ0n) is 16.7. The van der Waals surface area contributed by atoms with Gasteiger partial charge in [-0.2, -0.15) is 0 Å². The van der Waals surface area contributed by atoms with Crippen LogP contribution in [0, 0.1) is 6.92 Å². The lowest BCUT2D eigenvalue weighted by atomic mass is 10.0. The van der Waals surface area contributed by atoms with Gasteiger partial charge in [0.2, 0.25) is 0 Å². The fourth-order valence-electron chi connectivity index (χ4n) is 3.28. The van der Waals surface area contributed by atoms with Gasteiger partial charge in [-0.05, 0) is 42.8 Å². The predicted octanol–water partition coefficient (Wildman–Crippen LogP) is 5.13. The fraction of sp³-hybridized carbons (Fsp3) is 0.125. The number of amides is 1. The number of hydrogen-bond donors (Lipinski definition) is 2. The van der Waals surface area contributed by atoms with Crippen LogP contribution in [0.25, 0.3) is 11.1 Å². The quantitative estimate of drug-likeness (QED) is 0.439. The maximum absolute atomic E-state index is 13.2. The van der Waals surface area contributed by atoms with Crippen molar-refractivity contribution < 1.29 is 14.0 Å².